The second-order valence-corrected chi connectivity index (χ2v) is 5.12. The van der Waals surface area contributed by atoms with E-state index in [-0.39, 0.29) is 35.3 Å². The largest absolute Gasteiger partial charge is 0.441 e. The smallest absolute Gasteiger partial charge is 0.353 e. The van der Waals surface area contributed by atoms with Crippen molar-refractivity contribution in [2.24, 2.45) is 0 Å². The van der Waals surface area contributed by atoms with E-state index < -0.39 is 5.51 Å². The van der Waals surface area contributed by atoms with Crippen molar-refractivity contribution >= 4 is 35.3 Å². The van der Waals surface area contributed by atoms with Gasteiger partial charge >= 0.3 is 5.51 Å². The molecule has 20 heavy (non-hydrogen) atoms. The summed E-state index contributed by atoms with van der Waals surface area (Å²) in [6, 6.07) is 0. The predicted molar refractivity (Wildman–Crippen MR) is 75.4 cm³/mol. The fourth-order valence-electron chi connectivity index (χ4n) is 1.40. The third-order valence-corrected chi connectivity index (χ3v) is 3.20. The lowest BCUT2D eigenvalue weighted by molar-refractivity contribution is -0.0327. The summed E-state index contributed by atoms with van der Waals surface area (Å²) < 4.78 is 35.9. The fraction of sp³-hybridized carbons (Fsp3) is 0.700. The lowest BCUT2D eigenvalue weighted by Gasteiger charge is -2.18. The molecule has 0 bridgehead atoms. The van der Waals surface area contributed by atoms with Gasteiger partial charge < -0.3 is 10.2 Å². The summed E-state index contributed by atoms with van der Waals surface area (Å²) >= 11 is 5.68. The van der Waals surface area contributed by atoms with Gasteiger partial charge in [-0.2, -0.15) is 28.1 Å². The molecule has 1 N–H and O–H groups in total. The first-order valence-corrected chi connectivity index (χ1v) is 7.33. The van der Waals surface area contributed by atoms with Gasteiger partial charge in [0.15, 0.2) is 0 Å². The Morgan fingerprint density at radius 1 is 1.20 bits per heavy atom. The molecule has 1 rings (SSSR count). The molecule has 1 aromatic heterocycles. The number of nitrogens with zero attached hydrogens (tertiary/aromatic N) is 4. The molecular formula is C10H15ClF3N5S. The topological polar surface area (TPSA) is 53.9 Å². The molecule has 0 aliphatic heterocycles. The number of anilines is 2. The molecule has 0 aliphatic carbocycles. The molecule has 0 atom stereocenters. The lowest BCUT2D eigenvalue weighted by atomic mass is 10.5. The molecule has 0 fully saturated rings. The second-order valence-electron chi connectivity index (χ2n) is 3.62. The van der Waals surface area contributed by atoms with Gasteiger partial charge in [-0.1, -0.05) is 0 Å². The molecule has 0 saturated carbocycles. The number of thioether (sulfide) groups is 1. The highest BCUT2D eigenvalue weighted by molar-refractivity contribution is 8.00. The molecule has 0 amide bonds. The molecule has 0 aromatic carbocycles. The van der Waals surface area contributed by atoms with E-state index in [1.165, 1.54) is 0 Å². The first-order chi connectivity index (χ1) is 9.35. The Morgan fingerprint density at radius 3 is 2.40 bits per heavy atom. The van der Waals surface area contributed by atoms with E-state index in [4.69, 9.17) is 11.6 Å². The molecule has 0 aliphatic rings. The van der Waals surface area contributed by atoms with Gasteiger partial charge in [0.1, 0.15) is 0 Å². The summed E-state index contributed by atoms with van der Waals surface area (Å²) in [5.41, 5.74) is -4.23. The Hall–Kier alpha value is -0.960. The first kappa shape index (κ1) is 17.1. The van der Waals surface area contributed by atoms with E-state index >= 15 is 0 Å². The van der Waals surface area contributed by atoms with E-state index in [0.717, 1.165) is 0 Å². The number of alkyl halides is 3. The normalized spacial score (nSPS) is 11.5. The van der Waals surface area contributed by atoms with E-state index in [0.29, 0.717) is 19.0 Å². The van der Waals surface area contributed by atoms with Crippen LogP contribution in [0.5, 0.6) is 0 Å². The van der Waals surface area contributed by atoms with Gasteiger partial charge in [0, 0.05) is 25.4 Å². The second kappa shape index (κ2) is 7.72. The molecule has 0 unspecified atom stereocenters. The van der Waals surface area contributed by atoms with Crippen LogP contribution in [-0.4, -0.2) is 45.8 Å². The van der Waals surface area contributed by atoms with Crippen LogP contribution in [0.2, 0.25) is 5.28 Å². The quantitative estimate of drug-likeness (QED) is 0.776. The summed E-state index contributed by atoms with van der Waals surface area (Å²) in [7, 11) is 0. The molecule has 5 nitrogen and oxygen atoms in total. The molecule has 114 valence electrons. The maximum atomic E-state index is 12.0. The maximum absolute atomic E-state index is 12.0. The highest BCUT2D eigenvalue weighted by atomic mass is 35.5. The number of halogens is 4. The zero-order valence-corrected chi connectivity index (χ0v) is 12.6. The molecule has 0 saturated heterocycles. The summed E-state index contributed by atoms with van der Waals surface area (Å²) in [4.78, 5) is 13.8. The van der Waals surface area contributed by atoms with Gasteiger partial charge in [-0.15, -0.1) is 0 Å². The van der Waals surface area contributed by atoms with Crippen LogP contribution < -0.4 is 10.2 Å². The van der Waals surface area contributed by atoms with E-state index in [9.17, 15) is 13.2 Å². The minimum absolute atomic E-state index is 0.00729. The third-order valence-electron chi connectivity index (χ3n) is 2.29. The van der Waals surface area contributed by atoms with Crippen molar-refractivity contribution in [2.75, 3.05) is 35.6 Å². The minimum atomic E-state index is -4.23. The lowest BCUT2D eigenvalue weighted by Crippen LogP contribution is -2.25. The Morgan fingerprint density at radius 2 is 1.85 bits per heavy atom. The van der Waals surface area contributed by atoms with Crippen molar-refractivity contribution in [1.82, 2.24) is 15.0 Å². The summed E-state index contributed by atoms with van der Waals surface area (Å²) in [5.74, 6) is 0.448. The number of hydrogen-bond acceptors (Lipinski definition) is 6. The average molecular weight is 330 g/mol. The maximum Gasteiger partial charge on any atom is 0.441 e. The molecule has 1 aromatic rings. The van der Waals surface area contributed by atoms with Gasteiger partial charge in [-0.05, 0) is 37.2 Å². The number of nitrogens with one attached hydrogen (secondary N) is 1. The molecule has 0 spiro atoms. The molecule has 10 heteroatoms. The van der Waals surface area contributed by atoms with Crippen molar-refractivity contribution in [3.05, 3.63) is 5.28 Å². The highest BCUT2D eigenvalue weighted by Crippen LogP contribution is 2.29. The SMILES string of the molecule is CCN(CC)c1nc(Cl)nc(NCCSC(F)(F)F)n1. The van der Waals surface area contributed by atoms with E-state index in [2.05, 4.69) is 20.3 Å². The van der Waals surface area contributed by atoms with E-state index in [1.807, 2.05) is 18.7 Å². The zero-order chi connectivity index (χ0) is 15.2. The first-order valence-electron chi connectivity index (χ1n) is 5.96. The van der Waals surface area contributed by atoms with Crippen molar-refractivity contribution in [3.8, 4) is 0 Å². The van der Waals surface area contributed by atoms with Crippen LogP contribution >= 0.6 is 23.4 Å². The Labute approximate surface area is 124 Å². The van der Waals surface area contributed by atoms with Crippen molar-refractivity contribution in [1.29, 1.82) is 0 Å². The van der Waals surface area contributed by atoms with Crippen LogP contribution in [0.4, 0.5) is 25.1 Å². The Bertz CT molecular complexity index is 428. The Balaban J connectivity index is 2.62. The van der Waals surface area contributed by atoms with Crippen molar-refractivity contribution in [3.63, 3.8) is 0 Å². The van der Waals surface area contributed by atoms with Crippen LogP contribution in [0, 0.1) is 0 Å². The van der Waals surface area contributed by atoms with Crippen LogP contribution in [-0.2, 0) is 0 Å². The Kier molecular flexibility index (Phi) is 6.60. The van der Waals surface area contributed by atoms with Gasteiger partial charge in [0.25, 0.3) is 0 Å². The van der Waals surface area contributed by atoms with Gasteiger partial charge in [-0.25, -0.2) is 0 Å². The highest BCUT2D eigenvalue weighted by Gasteiger charge is 2.27. The average Bonchev–Trinajstić information content (AvgIpc) is 2.34. The molecule has 1 heterocycles. The zero-order valence-electron chi connectivity index (χ0n) is 11.0. The molecular weight excluding hydrogens is 315 g/mol. The summed E-state index contributed by atoms with van der Waals surface area (Å²) in [5, 5.41) is 2.71. The number of hydrogen-bond donors (Lipinski definition) is 1. The van der Waals surface area contributed by atoms with E-state index in [1.54, 1.807) is 0 Å². The summed E-state index contributed by atoms with van der Waals surface area (Å²) in [6.45, 7) is 5.35. The van der Waals surface area contributed by atoms with Crippen LogP contribution in [0.3, 0.4) is 0 Å². The monoisotopic (exact) mass is 329 g/mol. The third kappa shape index (κ3) is 6.00. The molecule has 0 radical (unpaired) electrons. The number of rotatable bonds is 7. The number of aromatic nitrogens is 3. The minimum Gasteiger partial charge on any atom is -0.353 e. The summed E-state index contributed by atoms with van der Waals surface area (Å²) in [6.07, 6.45) is 0. The van der Waals surface area contributed by atoms with Crippen LogP contribution in [0.25, 0.3) is 0 Å². The van der Waals surface area contributed by atoms with Crippen LogP contribution in [0.1, 0.15) is 13.8 Å². The van der Waals surface area contributed by atoms with Crippen molar-refractivity contribution in [2.45, 2.75) is 19.4 Å². The predicted octanol–water partition coefficient (Wildman–Crippen LogP) is 3.04. The standard InChI is InChI=1S/C10H15ClF3N5S/c1-3-19(4-2)9-17-7(11)16-8(18-9)15-5-6-20-10(12,13)14/h3-6H2,1-2H3,(H,15,16,17,18). The van der Waals surface area contributed by atoms with Crippen molar-refractivity contribution < 1.29 is 13.2 Å². The fourth-order valence-corrected chi connectivity index (χ4v) is 1.99. The van der Waals surface area contributed by atoms with Crippen LogP contribution in [0.15, 0.2) is 0 Å². The van der Waals surface area contributed by atoms with Gasteiger partial charge in [-0.3, -0.25) is 0 Å². The van der Waals surface area contributed by atoms with Gasteiger partial charge in [0.05, 0.1) is 0 Å². The van der Waals surface area contributed by atoms with Gasteiger partial charge in [0.2, 0.25) is 17.2 Å².